The van der Waals surface area contributed by atoms with Gasteiger partial charge in [0.1, 0.15) is 5.76 Å². The predicted octanol–water partition coefficient (Wildman–Crippen LogP) is 3.71. The topological polar surface area (TPSA) is 112 Å². The Morgan fingerprint density at radius 2 is 1.71 bits per heavy atom. The van der Waals surface area contributed by atoms with Gasteiger partial charge < -0.3 is 10.0 Å². The third-order valence-corrected chi connectivity index (χ3v) is 9.26. The summed E-state index contributed by atoms with van der Waals surface area (Å²) in [6.07, 6.45) is 1.76. The maximum absolute atomic E-state index is 13.7. The summed E-state index contributed by atoms with van der Waals surface area (Å²) in [4.78, 5) is 15.3. The molecule has 1 aromatic rings. The van der Waals surface area contributed by atoms with Crippen LogP contribution in [0.4, 0.5) is 0 Å². The van der Waals surface area contributed by atoms with Gasteiger partial charge in [-0.2, -0.15) is 0 Å². The molecule has 1 amide bonds. The SMILES string of the molecule is CN(Cc1cccc2c1S(=O)(=O)C=C2C1=C(O)[C@H](C(C)(C)C)N(CCC(C)(C)C)C1=O)S(C)(=O)=O. The van der Waals surface area contributed by atoms with E-state index in [1.165, 1.54) is 7.05 Å². The number of sulfonamides is 1. The summed E-state index contributed by atoms with van der Waals surface area (Å²) < 4.78 is 51.4. The van der Waals surface area contributed by atoms with Crippen LogP contribution in [0, 0.1) is 10.8 Å². The number of hydrogen-bond acceptors (Lipinski definition) is 6. The van der Waals surface area contributed by atoms with Crippen LogP contribution >= 0.6 is 0 Å². The number of aliphatic hydroxyl groups excluding tert-OH is 1. The lowest BCUT2D eigenvalue weighted by molar-refractivity contribution is -0.128. The molecule has 194 valence electrons. The average Bonchev–Trinajstić information content (AvgIpc) is 3.08. The molecular formula is C25H36N2O6S2. The first kappa shape index (κ1) is 27.4. The summed E-state index contributed by atoms with van der Waals surface area (Å²) >= 11 is 0. The van der Waals surface area contributed by atoms with Crippen LogP contribution in [0.1, 0.15) is 59.1 Å². The largest absolute Gasteiger partial charge is 0.509 e. The van der Waals surface area contributed by atoms with Gasteiger partial charge in [-0.15, -0.1) is 0 Å². The number of hydrogen-bond donors (Lipinski definition) is 1. The molecule has 0 spiro atoms. The molecule has 0 saturated heterocycles. The minimum Gasteiger partial charge on any atom is -0.509 e. The molecule has 0 saturated carbocycles. The Balaban J connectivity index is 2.14. The summed E-state index contributed by atoms with van der Waals surface area (Å²) in [5.41, 5.74) is 0.229. The lowest BCUT2D eigenvalue weighted by Crippen LogP contribution is -2.45. The van der Waals surface area contributed by atoms with Gasteiger partial charge in [0.25, 0.3) is 5.91 Å². The van der Waals surface area contributed by atoms with Gasteiger partial charge in [0, 0.05) is 36.7 Å². The molecule has 1 N–H and O–H groups in total. The van der Waals surface area contributed by atoms with Gasteiger partial charge in [0.05, 0.1) is 22.8 Å². The number of carbonyl (C=O) groups is 1. The Bertz CT molecular complexity index is 1330. The summed E-state index contributed by atoms with van der Waals surface area (Å²) in [7, 11) is -6.13. The van der Waals surface area contributed by atoms with Crippen molar-refractivity contribution in [3.8, 4) is 0 Å². The Kier molecular flexibility index (Phi) is 6.85. The zero-order valence-corrected chi connectivity index (χ0v) is 23.3. The van der Waals surface area contributed by atoms with E-state index in [0.717, 1.165) is 16.0 Å². The van der Waals surface area contributed by atoms with E-state index in [1.807, 2.05) is 20.8 Å². The predicted molar refractivity (Wildman–Crippen MR) is 137 cm³/mol. The Labute approximate surface area is 209 Å². The van der Waals surface area contributed by atoms with Crippen LogP contribution in [0.2, 0.25) is 0 Å². The molecule has 0 aromatic heterocycles. The highest BCUT2D eigenvalue weighted by atomic mass is 32.2. The van der Waals surface area contributed by atoms with Crippen molar-refractivity contribution in [2.24, 2.45) is 10.8 Å². The molecule has 2 heterocycles. The fourth-order valence-electron chi connectivity index (χ4n) is 4.56. The van der Waals surface area contributed by atoms with E-state index >= 15 is 0 Å². The zero-order valence-electron chi connectivity index (χ0n) is 21.7. The first-order chi connectivity index (χ1) is 15.8. The third kappa shape index (κ3) is 5.34. The summed E-state index contributed by atoms with van der Waals surface area (Å²) in [5, 5.41) is 12.4. The summed E-state index contributed by atoms with van der Waals surface area (Å²) in [6, 6.07) is 4.19. The van der Waals surface area contributed by atoms with E-state index in [1.54, 1.807) is 23.1 Å². The molecule has 2 aliphatic heterocycles. The minimum atomic E-state index is -3.97. The normalized spacial score (nSPS) is 20.6. The van der Waals surface area contributed by atoms with Gasteiger partial charge in [-0.1, -0.05) is 59.7 Å². The highest BCUT2D eigenvalue weighted by molar-refractivity contribution is 7.95. The number of amides is 1. The van der Waals surface area contributed by atoms with Crippen LogP contribution in [0.15, 0.2) is 39.8 Å². The molecule has 3 rings (SSSR count). The van der Waals surface area contributed by atoms with Crippen LogP contribution in [0.5, 0.6) is 0 Å². The zero-order chi connectivity index (χ0) is 26.7. The van der Waals surface area contributed by atoms with Gasteiger partial charge in [-0.05, 0) is 22.8 Å². The number of fused-ring (bicyclic) bond motifs is 1. The van der Waals surface area contributed by atoms with Crippen molar-refractivity contribution in [1.29, 1.82) is 0 Å². The third-order valence-electron chi connectivity index (χ3n) is 6.40. The van der Waals surface area contributed by atoms with Gasteiger partial charge in [0.15, 0.2) is 0 Å². The van der Waals surface area contributed by atoms with Crippen LogP contribution in [-0.4, -0.2) is 62.9 Å². The Morgan fingerprint density at radius 1 is 1.11 bits per heavy atom. The maximum Gasteiger partial charge on any atom is 0.258 e. The van der Waals surface area contributed by atoms with Crippen LogP contribution in [0.25, 0.3) is 5.57 Å². The number of rotatable bonds is 6. The Hall–Kier alpha value is -2.17. The van der Waals surface area contributed by atoms with Crippen molar-refractivity contribution in [2.45, 2.75) is 65.4 Å². The minimum absolute atomic E-state index is 0.00484. The van der Waals surface area contributed by atoms with E-state index in [2.05, 4.69) is 20.8 Å². The van der Waals surface area contributed by atoms with E-state index in [4.69, 9.17) is 0 Å². The highest BCUT2D eigenvalue weighted by Crippen LogP contribution is 2.46. The van der Waals surface area contributed by atoms with Crippen LogP contribution in [-0.2, 0) is 31.2 Å². The van der Waals surface area contributed by atoms with E-state index in [-0.39, 0.29) is 33.8 Å². The summed E-state index contributed by atoms with van der Waals surface area (Å²) in [5.74, 6) is -0.538. The van der Waals surface area contributed by atoms with Crippen LogP contribution < -0.4 is 0 Å². The van der Waals surface area contributed by atoms with E-state index < -0.39 is 37.2 Å². The van der Waals surface area contributed by atoms with Gasteiger partial charge >= 0.3 is 0 Å². The number of sulfone groups is 1. The molecule has 0 radical (unpaired) electrons. The second kappa shape index (κ2) is 8.74. The van der Waals surface area contributed by atoms with E-state index in [0.29, 0.717) is 24.1 Å². The van der Waals surface area contributed by atoms with Crippen molar-refractivity contribution >= 4 is 31.3 Å². The van der Waals surface area contributed by atoms with Gasteiger partial charge in [-0.3, -0.25) is 4.79 Å². The highest BCUT2D eigenvalue weighted by Gasteiger charge is 2.48. The molecule has 0 aliphatic carbocycles. The smallest absolute Gasteiger partial charge is 0.258 e. The molecular weight excluding hydrogens is 488 g/mol. The molecule has 1 aromatic carbocycles. The van der Waals surface area contributed by atoms with Crippen LogP contribution in [0.3, 0.4) is 0 Å². The van der Waals surface area contributed by atoms with Crippen molar-refractivity contribution in [3.05, 3.63) is 46.1 Å². The second-order valence-electron chi connectivity index (χ2n) is 11.7. The lowest BCUT2D eigenvalue weighted by atomic mass is 9.84. The van der Waals surface area contributed by atoms with Crippen molar-refractivity contribution in [1.82, 2.24) is 9.21 Å². The monoisotopic (exact) mass is 524 g/mol. The second-order valence-corrected chi connectivity index (χ2v) is 15.6. The molecule has 10 heteroatoms. The number of nitrogens with zero attached hydrogens (tertiary/aromatic N) is 2. The summed E-state index contributed by atoms with van der Waals surface area (Å²) in [6.45, 7) is 12.3. The van der Waals surface area contributed by atoms with E-state index in [9.17, 15) is 26.7 Å². The molecule has 0 bridgehead atoms. The number of carbonyl (C=O) groups excluding carboxylic acids is 1. The first-order valence-corrected chi connectivity index (χ1v) is 14.9. The van der Waals surface area contributed by atoms with Crippen molar-refractivity contribution in [3.63, 3.8) is 0 Å². The Morgan fingerprint density at radius 3 is 2.23 bits per heavy atom. The molecule has 1 atom stereocenters. The van der Waals surface area contributed by atoms with Crippen molar-refractivity contribution in [2.75, 3.05) is 19.8 Å². The molecule has 35 heavy (non-hydrogen) atoms. The first-order valence-electron chi connectivity index (χ1n) is 11.5. The van der Waals surface area contributed by atoms with Crippen molar-refractivity contribution < 1.29 is 26.7 Å². The lowest BCUT2D eigenvalue weighted by Gasteiger charge is -2.36. The van der Waals surface area contributed by atoms with Gasteiger partial charge in [0.2, 0.25) is 19.9 Å². The molecule has 8 nitrogen and oxygen atoms in total. The standard InChI is InChI=1S/C25H36N2O6S2/c1-24(2,3)12-13-27-22(25(4,5)6)20(28)19(23(27)29)18-15-35(32,33)21-16(10-9-11-17(18)21)14-26(7)34(8,30)31/h9-11,15,22,28H,12-14H2,1-8H3/t22-/m1/s1. The fraction of sp³-hybridized carbons (Fsp3) is 0.560. The number of aliphatic hydroxyl groups is 1. The maximum atomic E-state index is 13.7. The molecule has 0 fully saturated rings. The average molecular weight is 525 g/mol. The fourth-order valence-corrected chi connectivity index (χ4v) is 6.59. The quantitative estimate of drug-likeness (QED) is 0.607. The molecule has 2 aliphatic rings. The van der Waals surface area contributed by atoms with Gasteiger partial charge in [-0.25, -0.2) is 21.1 Å². The number of benzene rings is 1. The molecule has 0 unspecified atom stereocenters.